The second kappa shape index (κ2) is 8.31. The molecule has 0 bridgehead atoms. The lowest BCUT2D eigenvalue weighted by Gasteiger charge is -2.37. The molecule has 1 atom stereocenters. The zero-order valence-electron chi connectivity index (χ0n) is 17.6. The van der Waals surface area contributed by atoms with Crippen LogP contribution in [0.5, 0.6) is 0 Å². The highest BCUT2D eigenvalue weighted by atomic mass is 32.2. The molecular weight excluding hydrogens is 384 g/mol. The molecule has 0 aromatic carbocycles. The number of sulfone groups is 1. The third-order valence-electron chi connectivity index (χ3n) is 7.55. The van der Waals surface area contributed by atoms with Crippen LogP contribution in [-0.2, 0) is 22.9 Å². The van der Waals surface area contributed by atoms with Gasteiger partial charge in [0.2, 0.25) is 15.0 Å². The third kappa shape index (κ3) is 4.57. The molecule has 1 aromatic heterocycles. The molecule has 29 heavy (non-hydrogen) atoms. The summed E-state index contributed by atoms with van der Waals surface area (Å²) in [5.41, 5.74) is 1.11. The molecule has 6 nitrogen and oxygen atoms in total. The summed E-state index contributed by atoms with van der Waals surface area (Å²) in [5, 5.41) is 0.351. The monoisotopic (exact) mass is 420 g/mol. The molecular formula is C22H36N4O2S. The quantitative estimate of drug-likeness (QED) is 0.679. The van der Waals surface area contributed by atoms with Gasteiger partial charge in [-0.1, -0.05) is 19.3 Å². The molecule has 7 heteroatoms. The molecule has 0 radical (unpaired) electrons. The highest BCUT2D eigenvalue weighted by Crippen LogP contribution is 2.33. The molecule has 2 saturated heterocycles. The van der Waals surface area contributed by atoms with Gasteiger partial charge in [0.05, 0.1) is 17.6 Å². The van der Waals surface area contributed by atoms with E-state index in [1.54, 1.807) is 0 Å². The van der Waals surface area contributed by atoms with E-state index < -0.39 is 9.84 Å². The van der Waals surface area contributed by atoms with E-state index in [0.717, 1.165) is 51.3 Å². The van der Waals surface area contributed by atoms with E-state index in [4.69, 9.17) is 0 Å². The minimum Gasteiger partial charge on any atom is -0.317 e. The SMILES string of the molecule is O=S(=O)(CC1CC1)c1ncc(CN2CCN3CCCC3C2)n1CC1CCCCC1. The number of hydrogen-bond donors (Lipinski definition) is 0. The van der Waals surface area contributed by atoms with Crippen molar-refractivity contribution in [3.8, 4) is 0 Å². The number of hydrogen-bond acceptors (Lipinski definition) is 5. The summed E-state index contributed by atoms with van der Waals surface area (Å²) in [4.78, 5) is 9.66. The van der Waals surface area contributed by atoms with Gasteiger partial charge in [-0.15, -0.1) is 0 Å². The van der Waals surface area contributed by atoms with Crippen LogP contribution in [0.2, 0.25) is 0 Å². The Bertz CT molecular complexity index is 811. The Balaban J connectivity index is 1.36. The zero-order chi connectivity index (χ0) is 19.8. The molecule has 0 N–H and O–H groups in total. The summed E-state index contributed by atoms with van der Waals surface area (Å²) in [6.07, 6.45) is 12.9. The Morgan fingerprint density at radius 3 is 2.55 bits per heavy atom. The van der Waals surface area contributed by atoms with Crippen LogP contribution in [0.1, 0.15) is 63.5 Å². The van der Waals surface area contributed by atoms with Crippen molar-refractivity contribution in [3.05, 3.63) is 11.9 Å². The molecule has 0 amide bonds. The minimum absolute atomic E-state index is 0.287. The van der Waals surface area contributed by atoms with E-state index in [-0.39, 0.29) is 5.75 Å². The Labute approximate surface area is 175 Å². The maximum Gasteiger partial charge on any atom is 0.227 e. The lowest BCUT2D eigenvalue weighted by molar-refractivity contribution is 0.0970. The Hall–Kier alpha value is -0.920. The third-order valence-corrected chi connectivity index (χ3v) is 9.35. The van der Waals surface area contributed by atoms with Crippen molar-refractivity contribution >= 4 is 9.84 Å². The van der Waals surface area contributed by atoms with E-state index in [0.29, 0.717) is 23.0 Å². The first kappa shape index (κ1) is 20.0. The molecule has 2 saturated carbocycles. The van der Waals surface area contributed by atoms with Crippen LogP contribution in [0.4, 0.5) is 0 Å². The summed E-state index contributed by atoms with van der Waals surface area (Å²) < 4.78 is 28.3. The van der Waals surface area contributed by atoms with Crippen LogP contribution in [0.3, 0.4) is 0 Å². The van der Waals surface area contributed by atoms with Gasteiger partial charge < -0.3 is 4.57 Å². The van der Waals surface area contributed by atoms with E-state index in [1.165, 1.54) is 51.5 Å². The fraction of sp³-hybridized carbons (Fsp3) is 0.864. The summed E-state index contributed by atoms with van der Waals surface area (Å²) in [6, 6.07) is 0.691. The maximum absolute atomic E-state index is 13.1. The van der Waals surface area contributed by atoms with Gasteiger partial charge in [0.1, 0.15) is 0 Å². The number of nitrogens with zero attached hydrogens (tertiary/aromatic N) is 4. The smallest absolute Gasteiger partial charge is 0.227 e. The number of rotatable bonds is 7. The highest BCUT2D eigenvalue weighted by molar-refractivity contribution is 7.91. The number of aromatic nitrogens is 2. The lowest BCUT2D eigenvalue weighted by atomic mass is 9.89. The second-order valence-corrected chi connectivity index (χ2v) is 11.9. The highest BCUT2D eigenvalue weighted by Gasteiger charge is 2.34. The first-order chi connectivity index (χ1) is 14.1. The van der Waals surface area contributed by atoms with Crippen molar-refractivity contribution < 1.29 is 8.42 Å². The topological polar surface area (TPSA) is 58.4 Å². The Morgan fingerprint density at radius 2 is 1.76 bits per heavy atom. The lowest BCUT2D eigenvalue weighted by Crippen LogP contribution is -2.49. The molecule has 5 rings (SSSR count). The Morgan fingerprint density at radius 1 is 0.931 bits per heavy atom. The minimum atomic E-state index is -3.29. The van der Waals surface area contributed by atoms with Crippen molar-refractivity contribution in [2.75, 3.05) is 31.9 Å². The number of piperazine rings is 1. The normalized spacial score (nSPS) is 27.4. The van der Waals surface area contributed by atoms with E-state index in [1.807, 2.05) is 6.20 Å². The van der Waals surface area contributed by atoms with Crippen LogP contribution >= 0.6 is 0 Å². The largest absolute Gasteiger partial charge is 0.317 e. The second-order valence-electron chi connectivity index (χ2n) is 9.94. The standard InChI is InChI=1S/C22H36N4O2S/c27-29(28,17-19-8-9-19)22-23-13-21(26(22)14-18-5-2-1-3-6-18)16-24-11-12-25-10-4-7-20(25)15-24/h13,18-20H,1-12,14-17H2. The predicted octanol–water partition coefficient (Wildman–Crippen LogP) is 2.93. The van der Waals surface area contributed by atoms with Crippen LogP contribution in [0, 0.1) is 11.8 Å². The Kier molecular flexibility index (Phi) is 5.73. The van der Waals surface area contributed by atoms with Crippen LogP contribution in [0.15, 0.2) is 11.4 Å². The van der Waals surface area contributed by atoms with Gasteiger partial charge in [-0.3, -0.25) is 9.80 Å². The molecule has 1 unspecified atom stereocenters. The van der Waals surface area contributed by atoms with Crippen LogP contribution in [-0.4, -0.2) is 65.7 Å². The van der Waals surface area contributed by atoms with Crippen molar-refractivity contribution in [3.63, 3.8) is 0 Å². The fourth-order valence-electron chi connectivity index (χ4n) is 5.69. The number of fused-ring (bicyclic) bond motifs is 1. The summed E-state index contributed by atoms with van der Waals surface area (Å²) in [5.74, 6) is 1.24. The van der Waals surface area contributed by atoms with Gasteiger partial charge in [0.15, 0.2) is 0 Å². The van der Waals surface area contributed by atoms with Crippen LogP contribution < -0.4 is 0 Å². The number of imidazole rings is 1. The van der Waals surface area contributed by atoms with Gasteiger partial charge >= 0.3 is 0 Å². The average molecular weight is 421 g/mol. The summed E-state index contributed by atoms with van der Waals surface area (Å²) >= 11 is 0. The average Bonchev–Trinajstić information content (AvgIpc) is 3.23. The molecule has 1 aromatic rings. The molecule has 4 fully saturated rings. The molecule has 3 heterocycles. The summed E-state index contributed by atoms with van der Waals surface area (Å²) in [7, 11) is -3.29. The first-order valence-corrected chi connectivity index (χ1v) is 13.5. The molecule has 0 spiro atoms. The van der Waals surface area contributed by atoms with Crippen molar-refractivity contribution in [2.45, 2.75) is 82.1 Å². The van der Waals surface area contributed by atoms with E-state index >= 15 is 0 Å². The van der Waals surface area contributed by atoms with Gasteiger partial charge in [-0.2, -0.15) is 0 Å². The molecule has 4 aliphatic rings. The van der Waals surface area contributed by atoms with Gasteiger partial charge in [-0.05, 0) is 56.9 Å². The molecule has 2 aliphatic heterocycles. The first-order valence-electron chi connectivity index (χ1n) is 11.8. The molecule has 2 aliphatic carbocycles. The zero-order valence-corrected chi connectivity index (χ0v) is 18.5. The van der Waals surface area contributed by atoms with Crippen molar-refractivity contribution in [1.82, 2.24) is 19.4 Å². The molecule has 162 valence electrons. The summed E-state index contributed by atoms with van der Waals surface area (Å²) in [6.45, 7) is 6.25. The fourth-order valence-corrected chi connectivity index (χ4v) is 7.53. The predicted molar refractivity (Wildman–Crippen MR) is 113 cm³/mol. The van der Waals surface area contributed by atoms with E-state index in [2.05, 4.69) is 19.4 Å². The van der Waals surface area contributed by atoms with Crippen molar-refractivity contribution in [2.24, 2.45) is 11.8 Å². The van der Waals surface area contributed by atoms with E-state index in [9.17, 15) is 8.42 Å². The van der Waals surface area contributed by atoms with Gasteiger partial charge in [0, 0.05) is 38.8 Å². The van der Waals surface area contributed by atoms with Crippen LogP contribution in [0.25, 0.3) is 0 Å². The van der Waals surface area contributed by atoms with Gasteiger partial charge in [-0.25, -0.2) is 13.4 Å². The van der Waals surface area contributed by atoms with Crippen molar-refractivity contribution in [1.29, 1.82) is 0 Å². The van der Waals surface area contributed by atoms with Gasteiger partial charge in [0.25, 0.3) is 0 Å². The maximum atomic E-state index is 13.1.